The highest BCUT2D eigenvalue weighted by Crippen LogP contribution is 2.23. The molecule has 0 atom stereocenters. The molecule has 1 aromatic carbocycles. The monoisotopic (exact) mass is 275 g/mol. The lowest BCUT2D eigenvalue weighted by Crippen LogP contribution is -2.05. The largest absolute Gasteiger partial charge is 0.491 e. The summed E-state index contributed by atoms with van der Waals surface area (Å²) in [4.78, 5) is 0. The van der Waals surface area contributed by atoms with Crippen LogP contribution in [-0.2, 0) is 6.54 Å². The molecule has 1 heterocycles. The summed E-state index contributed by atoms with van der Waals surface area (Å²) in [5.41, 5.74) is 1.27. The van der Waals surface area contributed by atoms with Gasteiger partial charge in [0.15, 0.2) is 0 Å². The fourth-order valence-electron chi connectivity index (χ4n) is 2.47. The molecule has 1 N–H and O–H groups in total. The van der Waals surface area contributed by atoms with Crippen molar-refractivity contribution in [2.75, 3.05) is 6.61 Å². The van der Waals surface area contributed by atoms with Crippen LogP contribution >= 0.6 is 0 Å². The number of unbranched alkanes of at least 4 members (excludes halogenated alkanes) is 3. The number of rotatable bonds is 8. The first-order valence-corrected chi connectivity index (χ1v) is 7.57. The van der Waals surface area contributed by atoms with Crippen molar-refractivity contribution in [3.63, 3.8) is 0 Å². The van der Waals surface area contributed by atoms with Crippen LogP contribution in [0, 0.1) is 0 Å². The molecule has 0 spiro atoms. The smallest absolute Gasteiger partial charge is 0.120 e. The molecule has 0 saturated heterocycles. The Balaban J connectivity index is 1.97. The van der Waals surface area contributed by atoms with Crippen molar-refractivity contribution in [3.8, 4) is 5.75 Å². The number of fused-ring (bicyclic) bond motifs is 1. The second-order valence-electron chi connectivity index (χ2n) is 5.53. The maximum Gasteiger partial charge on any atom is 0.120 e. The Morgan fingerprint density at radius 2 is 1.90 bits per heavy atom. The molecule has 0 saturated carbocycles. The van der Waals surface area contributed by atoms with Crippen LogP contribution in [0.15, 0.2) is 30.5 Å². The van der Waals surface area contributed by atoms with Gasteiger partial charge in [0.2, 0.25) is 0 Å². The van der Waals surface area contributed by atoms with E-state index in [1.54, 1.807) is 0 Å². The topological polar surface area (TPSA) is 34.4 Å². The fourth-order valence-corrected chi connectivity index (χ4v) is 2.47. The van der Waals surface area contributed by atoms with Crippen LogP contribution in [0.5, 0.6) is 5.75 Å². The molecule has 2 rings (SSSR count). The van der Waals surface area contributed by atoms with Crippen LogP contribution in [0.1, 0.15) is 39.5 Å². The van der Waals surface area contributed by atoms with Crippen LogP contribution in [0.3, 0.4) is 0 Å². The summed E-state index contributed by atoms with van der Waals surface area (Å²) < 4.78 is 8.02. The Bertz CT molecular complexity index is 531. The standard InChI is InChI=1S/C17H25NO2/c1-14(2)20-16-7-8-17-15(13-16)9-11-18(17)10-5-3-4-6-12-19/h7-9,11,13-14,19H,3-6,10,12H2,1-2H3. The maximum absolute atomic E-state index is 8.76. The third kappa shape index (κ3) is 4.01. The molecular formula is C17H25NO2. The molecule has 0 bridgehead atoms. The van der Waals surface area contributed by atoms with Crippen molar-refractivity contribution in [1.29, 1.82) is 0 Å². The van der Waals surface area contributed by atoms with Crippen molar-refractivity contribution in [3.05, 3.63) is 30.5 Å². The summed E-state index contributed by atoms with van der Waals surface area (Å²) in [5, 5.41) is 10.00. The second-order valence-corrected chi connectivity index (χ2v) is 5.53. The van der Waals surface area contributed by atoms with Crippen molar-refractivity contribution in [1.82, 2.24) is 4.57 Å². The van der Waals surface area contributed by atoms with Gasteiger partial charge in [-0.3, -0.25) is 0 Å². The molecule has 0 aliphatic rings. The Morgan fingerprint density at radius 3 is 2.65 bits per heavy atom. The van der Waals surface area contributed by atoms with Gasteiger partial charge in [-0.25, -0.2) is 0 Å². The van der Waals surface area contributed by atoms with Crippen LogP contribution in [0.2, 0.25) is 0 Å². The van der Waals surface area contributed by atoms with Gasteiger partial charge in [-0.15, -0.1) is 0 Å². The molecule has 2 aromatic rings. The minimum Gasteiger partial charge on any atom is -0.491 e. The lowest BCUT2D eigenvalue weighted by atomic mass is 10.2. The van der Waals surface area contributed by atoms with Gasteiger partial charge in [-0.2, -0.15) is 0 Å². The summed E-state index contributed by atoms with van der Waals surface area (Å²) in [6.45, 7) is 5.44. The van der Waals surface area contributed by atoms with Crippen molar-refractivity contribution < 1.29 is 9.84 Å². The van der Waals surface area contributed by atoms with Gasteiger partial charge in [0.05, 0.1) is 6.10 Å². The van der Waals surface area contributed by atoms with E-state index in [9.17, 15) is 0 Å². The first-order chi connectivity index (χ1) is 9.70. The number of benzene rings is 1. The highest BCUT2D eigenvalue weighted by atomic mass is 16.5. The van der Waals surface area contributed by atoms with E-state index in [0.717, 1.165) is 31.6 Å². The van der Waals surface area contributed by atoms with Crippen molar-refractivity contribution in [2.24, 2.45) is 0 Å². The molecule has 1 aromatic heterocycles. The fraction of sp³-hybridized carbons (Fsp3) is 0.529. The Hall–Kier alpha value is -1.48. The predicted molar refractivity (Wildman–Crippen MR) is 83.3 cm³/mol. The Labute approximate surface area is 121 Å². The molecule has 110 valence electrons. The average molecular weight is 275 g/mol. The molecule has 3 nitrogen and oxygen atoms in total. The third-order valence-corrected chi connectivity index (χ3v) is 3.42. The molecule has 3 heteroatoms. The van der Waals surface area contributed by atoms with E-state index in [0.29, 0.717) is 6.61 Å². The molecule has 0 aliphatic heterocycles. The highest BCUT2D eigenvalue weighted by Gasteiger charge is 2.04. The number of aryl methyl sites for hydroxylation is 1. The number of hydrogen-bond donors (Lipinski definition) is 1. The number of ether oxygens (including phenoxy) is 1. The zero-order valence-corrected chi connectivity index (χ0v) is 12.5. The Kier molecular flexibility index (Phi) is 5.48. The van der Waals surface area contributed by atoms with Gasteiger partial charge in [0, 0.05) is 30.3 Å². The molecule has 0 amide bonds. The minimum atomic E-state index is 0.209. The van der Waals surface area contributed by atoms with E-state index in [2.05, 4.69) is 29.0 Å². The first-order valence-electron chi connectivity index (χ1n) is 7.57. The maximum atomic E-state index is 8.76. The lowest BCUT2D eigenvalue weighted by Gasteiger charge is -2.10. The number of hydrogen-bond acceptors (Lipinski definition) is 2. The van der Waals surface area contributed by atoms with Gasteiger partial charge in [-0.05, 0) is 51.0 Å². The second kappa shape index (κ2) is 7.34. The van der Waals surface area contributed by atoms with Crippen LogP contribution < -0.4 is 4.74 Å². The van der Waals surface area contributed by atoms with Crippen LogP contribution in [-0.4, -0.2) is 22.4 Å². The van der Waals surface area contributed by atoms with Gasteiger partial charge >= 0.3 is 0 Å². The van der Waals surface area contributed by atoms with Gasteiger partial charge in [0.25, 0.3) is 0 Å². The first kappa shape index (κ1) is 14.9. The van der Waals surface area contributed by atoms with E-state index in [1.165, 1.54) is 17.3 Å². The number of aliphatic hydroxyl groups excluding tert-OH is 1. The Morgan fingerprint density at radius 1 is 1.10 bits per heavy atom. The molecule has 0 fully saturated rings. The van der Waals surface area contributed by atoms with Gasteiger partial charge in [-0.1, -0.05) is 12.8 Å². The zero-order valence-electron chi connectivity index (χ0n) is 12.5. The summed E-state index contributed by atoms with van der Waals surface area (Å²) in [5.74, 6) is 0.938. The van der Waals surface area contributed by atoms with E-state index in [4.69, 9.17) is 9.84 Å². The number of nitrogens with zero attached hydrogens (tertiary/aromatic N) is 1. The zero-order chi connectivity index (χ0) is 14.4. The normalized spacial score (nSPS) is 11.4. The van der Waals surface area contributed by atoms with E-state index in [-0.39, 0.29) is 6.10 Å². The van der Waals surface area contributed by atoms with Crippen LogP contribution in [0.25, 0.3) is 10.9 Å². The predicted octanol–water partition coefficient (Wildman–Crippen LogP) is 3.98. The quantitative estimate of drug-likeness (QED) is 0.739. The van der Waals surface area contributed by atoms with Gasteiger partial charge in [0.1, 0.15) is 5.75 Å². The SMILES string of the molecule is CC(C)Oc1ccc2c(ccn2CCCCCCO)c1. The number of aromatic nitrogens is 1. The highest BCUT2D eigenvalue weighted by molar-refractivity contribution is 5.81. The third-order valence-electron chi connectivity index (χ3n) is 3.42. The average Bonchev–Trinajstić information content (AvgIpc) is 2.80. The summed E-state index contributed by atoms with van der Waals surface area (Å²) in [6, 6.07) is 8.44. The molecule has 0 aliphatic carbocycles. The minimum absolute atomic E-state index is 0.209. The lowest BCUT2D eigenvalue weighted by molar-refractivity contribution is 0.243. The summed E-state index contributed by atoms with van der Waals surface area (Å²) in [7, 11) is 0. The molecular weight excluding hydrogens is 250 g/mol. The van der Waals surface area contributed by atoms with Gasteiger partial charge < -0.3 is 14.4 Å². The van der Waals surface area contributed by atoms with Crippen molar-refractivity contribution >= 4 is 10.9 Å². The molecule has 0 unspecified atom stereocenters. The van der Waals surface area contributed by atoms with E-state index < -0.39 is 0 Å². The van der Waals surface area contributed by atoms with Crippen LogP contribution in [0.4, 0.5) is 0 Å². The molecule has 20 heavy (non-hydrogen) atoms. The van der Waals surface area contributed by atoms with E-state index in [1.807, 2.05) is 19.9 Å². The van der Waals surface area contributed by atoms with Crippen molar-refractivity contribution in [2.45, 2.75) is 52.2 Å². The summed E-state index contributed by atoms with van der Waals surface area (Å²) in [6.07, 6.45) is 6.73. The number of aliphatic hydroxyl groups is 1. The summed E-state index contributed by atoms with van der Waals surface area (Å²) >= 11 is 0. The molecule has 0 radical (unpaired) electrons. The van der Waals surface area contributed by atoms with E-state index >= 15 is 0 Å².